The van der Waals surface area contributed by atoms with Gasteiger partial charge in [0.1, 0.15) is 5.60 Å². The lowest BCUT2D eigenvalue weighted by Crippen LogP contribution is -2.34. The molecule has 0 rings (SSSR count). The normalized spacial score (nSPS) is 11.4. The van der Waals surface area contributed by atoms with Gasteiger partial charge in [0.25, 0.3) is 0 Å². The van der Waals surface area contributed by atoms with Crippen LogP contribution in [0.1, 0.15) is 47.0 Å². The van der Waals surface area contributed by atoms with E-state index in [1.54, 1.807) is 0 Å². The molecule has 11 heteroatoms. The maximum absolute atomic E-state index is 11.5. The number of hydrogen-bond acceptors (Lipinski definition) is 9. The number of rotatable bonds is 24. The molecular formula is C24H48N2O9. The zero-order valence-corrected chi connectivity index (χ0v) is 22.2. The summed E-state index contributed by atoms with van der Waals surface area (Å²) in [5.41, 5.74) is -0.507. The van der Waals surface area contributed by atoms with Gasteiger partial charge in [-0.3, -0.25) is 4.79 Å². The summed E-state index contributed by atoms with van der Waals surface area (Å²) in [6.45, 7) is 14.2. The minimum Gasteiger partial charge on any atom is -0.444 e. The van der Waals surface area contributed by atoms with E-state index < -0.39 is 11.7 Å². The molecule has 208 valence electrons. The summed E-state index contributed by atoms with van der Waals surface area (Å²) >= 11 is 0. The van der Waals surface area contributed by atoms with E-state index in [-0.39, 0.29) is 5.91 Å². The summed E-state index contributed by atoms with van der Waals surface area (Å²) in [7, 11) is 0. The van der Waals surface area contributed by atoms with Crippen molar-refractivity contribution >= 4 is 12.0 Å². The Morgan fingerprint density at radius 1 is 0.600 bits per heavy atom. The summed E-state index contributed by atoms with van der Waals surface area (Å²) in [6, 6.07) is 0. The van der Waals surface area contributed by atoms with E-state index in [4.69, 9.17) is 33.2 Å². The number of carbonyl (C=O) groups is 2. The average Bonchev–Trinajstić information content (AvgIpc) is 2.79. The Hall–Kier alpha value is -1.50. The molecule has 0 aliphatic heterocycles. The minimum atomic E-state index is -0.507. The van der Waals surface area contributed by atoms with Gasteiger partial charge in [-0.1, -0.05) is 13.3 Å². The van der Waals surface area contributed by atoms with Gasteiger partial charge >= 0.3 is 6.09 Å². The van der Waals surface area contributed by atoms with Crippen LogP contribution in [0.5, 0.6) is 0 Å². The largest absolute Gasteiger partial charge is 0.444 e. The van der Waals surface area contributed by atoms with E-state index in [1.807, 2.05) is 20.8 Å². The van der Waals surface area contributed by atoms with Crippen LogP contribution in [0, 0.1) is 0 Å². The smallest absolute Gasteiger partial charge is 0.407 e. The quantitative estimate of drug-likeness (QED) is 0.188. The van der Waals surface area contributed by atoms with Crippen LogP contribution in [0.3, 0.4) is 0 Å². The van der Waals surface area contributed by atoms with Gasteiger partial charge in [-0.25, -0.2) is 4.79 Å². The van der Waals surface area contributed by atoms with Gasteiger partial charge in [-0.15, -0.1) is 0 Å². The van der Waals surface area contributed by atoms with Crippen molar-refractivity contribution in [3.63, 3.8) is 0 Å². The van der Waals surface area contributed by atoms with Crippen molar-refractivity contribution in [3.8, 4) is 0 Å². The highest BCUT2D eigenvalue weighted by atomic mass is 16.6. The van der Waals surface area contributed by atoms with Gasteiger partial charge in [0.05, 0.1) is 79.3 Å². The van der Waals surface area contributed by atoms with Crippen LogP contribution >= 0.6 is 0 Å². The molecule has 0 aromatic carbocycles. The minimum absolute atomic E-state index is 0.0251. The molecule has 0 radical (unpaired) electrons. The molecule has 0 aromatic heterocycles. The van der Waals surface area contributed by atoms with Crippen LogP contribution < -0.4 is 10.6 Å². The number of nitrogens with one attached hydrogen (secondary N) is 2. The number of ether oxygens (including phenoxy) is 7. The van der Waals surface area contributed by atoms with Crippen molar-refractivity contribution < 1.29 is 42.7 Å². The fourth-order valence-corrected chi connectivity index (χ4v) is 2.40. The van der Waals surface area contributed by atoms with Crippen LogP contribution in [-0.4, -0.2) is 110 Å². The van der Waals surface area contributed by atoms with E-state index in [9.17, 15) is 9.59 Å². The topological polar surface area (TPSA) is 123 Å². The molecule has 0 saturated heterocycles. The second-order valence-electron chi connectivity index (χ2n) is 8.56. The standard InChI is InChI=1S/C24H48N2O9/c1-5-6-8-25-22(27)7-10-29-12-14-31-16-18-33-20-21-34-19-17-32-15-13-30-11-9-26-23(28)35-24(2,3)4/h5-21H2,1-4H3,(H,25,27)(H,26,28). The van der Waals surface area contributed by atoms with Gasteiger partial charge in [-0.05, 0) is 27.2 Å². The third-order valence-electron chi connectivity index (χ3n) is 4.10. The first-order chi connectivity index (χ1) is 16.8. The Morgan fingerprint density at radius 2 is 1.03 bits per heavy atom. The van der Waals surface area contributed by atoms with E-state index >= 15 is 0 Å². The van der Waals surface area contributed by atoms with Crippen molar-refractivity contribution in [3.05, 3.63) is 0 Å². The third kappa shape index (κ3) is 28.6. The zero-order valence-electron chi connectivity index (χ0n) is 22.2. The fraction of sp³-hybridized carbons (Fsp3) is 0.917. The van der Waals surface area contributed by atoms with E-state index in [2.05, 4.69) is 17.6 Å². The first-order valence-electron chi connectivity index (χ1n) is 12.5. The van der Waals surface area contributed by atoms with Crippen molar-refractivity contribution in [1.82, 2.24) is 10.6 Å². The number of carbonyl (C=O) groups excluding carboxylic acids is 2. The SMILES string of the molecule is CCCCNC(=O)CCOCCOCCOCCOCCOCCOCCNC(=O)OC(C)(C)C. The van der Waals surface area contributed by atoms with Crippen molar-refractivity contribution in [1.29, 1.82) is 0 Å². The van der Waals surface area contributed by atoms with Crippen molar-refractivity contribution in [2.45, 2.75) is 52.6 Å². The predicted molar refractivity (Wildman–Crippen MR) is 132 cm³/mol. The van der Waals surface area contributed by atoms with Crippen LogP contribution in [-0.2, 0) is 38.0 Å². The van der Waals surface area contributed by atoms with Gasteiger partial charge in [0.2, 0.25) is 5.91 Å². The molecule has 0 fully saturated rings. The maximum atomic E-state index is 11.5. The highest BCUT2D eigenvalue weighted by molar-refractivity contribution is 5.75. The van der Waals surface area contributed by atoms with Crippen molar-refractivity contribution in [2.75, 3.05) is 92.4 Å². The first-order valence-corrected chi connectivity index (χ1v) is 12.5. The van der Waals surface area contributed by atoms with Gasteiger partial charge < -0.3 is 43.8 Å². The van der Waals surface area contributed by atoms with Crippen LogP contribution in [0.15, 0.2) is 0 Å². The molecule has 0 aromatic rings. The molecule has 0 atom stereocenters. The molecule has 0 aliphatic rings. The highest BCUT2D eigenvalue weighted by Crippen LogP contribution is 2.06. The van der Waals surface area contributed by atoms with E-state index in [0.29, 0.717) is 92.2 Å². The fourth-order valence-electron chi connectivity index (χ4n) is 2.40. The third-order valence-corrected chi connectivity index (χ3v) is 4.10. The Labute approximate surface area is 210 Å². The summed E-state index contributed by atoms with van der Waals surface area (Å²) in [5.74, 6) is 0.0251. The van der Waals surface area contributed by atoms with Gasteiger partial charge in [0, 0.05) is 19.5 Å². The molecule has 0 aliphatic carbocycles. The molecule has 0 saturated carbocycles. The number of alkyl carbamates (subject to hydrolysis) is 1. The second-order valence-corrected chi connectivity index (χ2v) is 8.56. The molecule has 2 N–H and O–H groups in total. The lowest BCUT2D eigenvalue weighted by Gasteiger charge is -2.19. The Balaban J connectivity index is 3.16. The molecule has 0 unspecified atom stereocenters. The van der Waals surface area contributed by atoms with Gasteiger partial charge in [0.15, 0.2) is 0 Å². The average molecular weight is 509 g/mol. The highest BCUT2D eigenvalue weighted by Gasteiger charge is 2.15. The molecule has 0 heterocycles. The molecular weight excluding hydrogens is 460 g/mol. The number of unbranched alkanes of at least 4 members (excludes halogenated alkanes) is 1. The zero-order chi connectivity index (χ0) is 26.0. The lowest BCUT2D eigenvalue weighted by molar-refractivity contribution is -0.122. The summed E-state index contributed by atoms with van der Waals surface area (Å²) in [4.78, 5) is 22.9. The number of hydrogen-bond donors (Lipinski definition) is 2. The van der Waals surface area contributed by atoms with Crippen molar-refractivity contribution in [2.24, 2.45) is 0 Å². The predicted octanol–water partition coefficient (Wildman–Crippen LogP) is 1.92. The van der Waals surface area contributed by atoms with E-state index in [0.717, 1.165) is 19.4 Å². The Bertz CT molecular complexity index is 502. The lowest BCUT2D eigenvalue weighted by atomic mass is 10.2. The molecule has 0 spiro atoms. The summed E-state index contributed by atoms with van der Waals surface area (Å²) < 4.78 is 37.5. The molecule has 11 nitrogen and oxygen atoms in total. The summed E-state index contributed by atoms with van der Waals surface area (Å²) in [5, 5.41) is 5.47. The monoisotopic (exact) mass is 508 g/mol. The maximum Gasteiger partial charge on any atom is 0.407 e. The molecule has 2 amide bonds. The Morgan fingerprint density at radius 3 is 1.46 bits per heavy atom. The second kappa shape index (κ2) is 24.2. The Kier molecular flexibility index (Phi) is 23.2. The molecule has 35 heavy (non-hydrogen) atoms. The number of amides is 2. The van der Waals surface area contributed by atoms with E-state index in [1.165, 1.54) is 0 Å². The van der Waals surface area contributed by atoms with Gasteiger partial charge in [-0.2, -0.15) is 0 Å². The first kappa shape index (κ1) is 33.5. The van der Waals surface area contributed by atoms with Crippen LogP contribution in [0.4, 0.5) is 4.79 Å². The summed E-state index contributed by atoms with van der Waals surface area (Å²) in [6.07, 6.45) is 1.99. The molecule has 0 bridgehead atoms. The van der Waals surface area contributed by atoms with Crippen LogP contribution in [0.25, 0.3) is 0 Å². The van der Waals surface area contributed by atoms with Crippen LogP contribution in [0.2, 0.25) is 0 Å².